The van der Waals surface area contributed by atoms with Crippen LogP contribution in [-0.4, -0.2) is 21.7 Å². The molecule has 0 N–H and O–H groups in total. The second-order valence-corrected chi connectivity index (χ2v) is 17.1. The van der Waals surface area contributed by atoms with Crippen molar-refractivity contribution >= 4 is 23.3 Å². The second-order valence-electron chi connectivity index (χ2n) is 17.1. The van der Waals surface area contributed by atoms with Crippen molar-refractivity contribution in [1.82, 2.24) is 10.2 Å². The van der Waals surface area contributed by atoms with Gasteiger partial charge in [-0.2, -0.15) is 10.2 Å². The van der Waals surface area contributed by atoms with E-state index in [4.69, 9.17) is 9.73 Å². The molecule has 3 fully saturated rings. The van der Waals surface area contributed by atoms with E-state index in [1.165, 1.54) is 49.8 Å². The van der Waals surface area contributed by atoms with E-state index in [0.717, 1.165) is 77.7 Å². The van der Waals surface area contributed by atoms with Crippen LogP contribution in [0.4, 0.5) is 5.69 Å². The van der Waals surface area contributed by atoms with Crippen molar-refractivity contribution in [2.24, 2.45) is 52.3 Å². The van der Waals surface area contributed by atoms with Crippen LogP contribution in [-0.2, 0) is 11.2 Å². The summed E-state index contributed by atoms with van der Waals surface area (Å²) in [7, 11) is 0. The van der Waals surface area contributed by atoms with Gasteiger partial charge < -0.3 is 4.74 Å². The van der Waals surface area contributed by atoms with Crippen molar-refractivity contribution in [3.63, 3.8) is 0 Å². The predicted molar refractivity (Wildman–Crippen MR) is 216 cm³/mol. The van der Waals surface area contributed by atoms with Gasteiger partial charge in [0, 0.05) is 40.7 Å². The fraction of sp³-hybridized carbons (Fsp3) is 0.574. The third-order valence-corrected chi connectivity index (χ3v) is 12.9. The maximum Gasteiger partial charge on any atom is 0.139 e. The Balaban J connectivity index is 1.37. The van der Waals surface area contributed by atoms with Crippen LogP contribution >= 0.6 is 0 Å². The van der Waals surface area contributed by atoms with E-state index in [0.29, 0.717) is 29.5 Å². The molecule has 5 heteroatoms. The highest BCUT2D eigenvalue weighted by atomic mass is 16.5. The Hall–Kier alpha value is -3.60. The maximum atomic E-state index is 13.8. The first kappa shape index (κ1) is 38.1. The molecule has 5 nitrogen and oxygen atoms in total. The van der Waals surface area contributed by atoms with Crippen LogP contribution in [0.5, 0.6) is 11.5 Å². The lowest BCUT2D eigenvalue weighted by Crippen LogP contribution is -2.33. The van der Waals surface area contributed by atoms with Crippen LogP contribution in [0, 0.1) is 47.3 Å². The maximum absolute atomic E-state index is 13.8. The summed E-state index contributed by atoms with van der Waals surface area (Å²) in [5, 5.41) is 8.93. The summed E-state index contributed by atoms with van der Waals surface area (Å²) in [6, 6.07) is 16.8. The average molecular weight is 702 g/mol. The number of aliphatic imine (C=N–C) groups is 1. The predicted octanol–water partition coefficient (Wildman–Crippen LogP) is 12.9. The van der Waals surface area contributed by atoms with Gasteiger partial charge in [-0.05, 0) is 128 Å². The average Bonchev–Trinajstić information content (AvgIpc) is 4.02. The van der Waals surface area contributed by atoms with Gasteiger partial charge in [0.1, 0.15) is 17.3 Å². The topological polar surface area (TPSA) is 64.4 Å². The largest absolute Gasteiger partial charge is 0.457 e. The van der Waals surface area contributed by atoms with E-state index in [9.17, 15) is 4.79 Å². The van der Waals surface area contributed by atoms with Crippen LogP contribution in [0.25, 0.3) is 17.3 Å². The highest BCUT2D eigenvalue weighted by molar-refractivity contribution is 5.97. The summed E-state index contributed by atoms with van der Waals surface area (Å²) in [5.41, 5.74) is 7.18. The molecule has 1 heterocycles. The highest BCUT2D eigenvalue weighted by Crippen LogP contribution is 2.46. The second kappa shape index (κ2) is 17.0. The molecule has 3 aliphatic rings. The van der Waals surface area contributed by atoms with Crippen LogP contribution in [0.2, 0.25) is 0 Å². The number of ether oxygens (including phenoxy) is 1. The van der Waals surface area contributed by atoms with Gasteiger partial charge in [0.15, 0.2) is 0 Å². The quantitative estimate of drug-likeness (QED) is 0.139. The summed E-state index contributed by atoms with van der Waals surface area (Å²) in [5.74, 6) is 5.80. The highest BCUT2D eigenvalue weighted by Gasteiger charge is 2.42. The zero-order chi connectivity index (χ0) is 36.9. The van der Waals surface area contributed by atoms with Crippen LogP contribution in [0.3, 0.4) is 0 Å². The van der Waals surface area contributed by atoms with Crippen molar-refractivity contribution in [2.75, 3.05) is 0 Å². The lowest BCUT2D eigenvalue weighted by atomic mass is 9.78. The fourth-order valence-corrected chi connectivity index (χ4v) is 8.83. The number of carbonyl (C=O) groups excluding carboxylic acids is 1. The van der Waals surface area contributed by atoms with Gasteiger partial charge in [0.05, 0.1) is 17.1 Å². The van der Waals surface area contributed by atoms with Gasteiger partial charge in [-0.25, -0.2) is 0 Å². The third kappa shape index (κ3) is 8.95. The van der Waals surface area contributed by atoms with Crippen LogP contribution in [0.15, 0.2) is 60.1 Å². The normalized spacial score (nSPS) is 26.5. The molecule has 52 heavy (non-hydrogen) atoms. The molecule has 0 amide bonds. The molecule has 3 aliphatic carbocycles. The van der Waals surface area contributed by atoms with Crippen molar-refractivity contribution in [3.8, 4) is 22.8 Å². The van der Waals surface area contributed by atoms with Gasteiger partial charge in [-0.15, -0.1) is 0 Å². The first-order chi connectivity index (χ1) is 25.1. The molecular formula is C47H63N3O2. The number of hydrogen-bond donors (Lipinski definition) is 0. The molecule has 0 radical (unpaired) electrons. The van der Waals surface area contributed by atoms with Crippen molar-refractivity contribution < 1.29 is 9.53 Å². The van der Waals surface area contributed by atoms with Crippen LogP contribution < -0.4 is 4.74 Å². The Bertz CT molecular complexity index is 1700. The molecule has 3 saturated carbocycles. The van der Waals surface area contributed by atoms with Gasteiger partial charge in [0.2, 0.25) is 0 Å². The van der Waals surface area contributed by atoms with E-state index in [1.807, 2.05) is 24.3 Å². The molecule has 0 spiro atoms. The summed E-state index contributed by atoms with van der Waals surface area (Å²) in [6.45, 7) is 20.1. The van der Waals surface area contributed by atoms with E-state index >= 15 is 0 Å². The minimum Gasteiger partial charge on any atom is -0.457 e. The summed E-state index contributed by atoms with van der Waals surface area (Å²) in [6.07, 6.45) is 14.6. The van der Waals surface area contributed by atoms with Crippen LogP contribution in [0.1, 0.15) is 135 Å². The molecule has 7 atom stereocenters. The Kier molecular flexibility index (Phi) is 12.5. The molecule has 2 aromatic carbocycles. The van der Waals surface area contributed by atoms with Gasteiger partial charge in [-0.3, -0.25) is 9.79 Å². The summed E-state index contributed by atoms with van der Waals surface area (Å²) < 4.78 is 6.85. The summed E-state index contributed by atoms with van der Waals surface area (Å²) in [4.78, 5) is 19.4. The lowest BCUT2D eigenvalue weighted by Gasteiger charge is -2.28. The molecule has 6 rings (SSSR count). The number of benzene rings is 2. The van der Waals surface area contributed by atoms with E-state index in [2.05, 4.69) is 95.6 Å². The molecule has 0 saturated heterocycles. The number of aromatic nitrogens is 2. The zero-order valence-corrected chi connectivity index (χ0v) is 33.0. The molecule has 0 bridgehead atoms. The minimum absolute atomic E-state index is 0.00748. The Morgan fingerprint density at radius 2 is 1.67 bits per heavy atom. The van der Waals surface area contributed by atoms with Crippen molar-refractivity contribution in [3.05, 3.63) is 71.9 Å². The SMILES string of the molecule is C=Cc1cc(CC2CCC(C)CCC2C)c(Oc2ccc(-c3ccc(C(C)C)nn3)cc2)cc1N=C(C(C)CC)C1CCCC(C2CC2)C(=O)C1C. The van der Waals surface area contributed by atoms with Crippen molar-refractivity contribution in [2.45, 2.75) is 125 Å². The number of Topliss-reactive ketones (excluding diaryl/α,β-unsaturated/α-hetero) is 1. The van der Waals surface area contributed by atoms with Gasteiger partial charge in [0.25, 0.3) is 0 Å². The Morgan fingerprint density at radius 1 is 0.923 bits per heavy atom. The third-order valence-electron chi connectivity index (χ3n) is 12.9. The summed E-state index contributed by atoms with van der Waals surface area (Å²) >= 11 is 0. The van der Waals surface area contributed by atoms with E-state index in [-0.39, 0.29) is 23.7 Å². The first-order valence-electron chi connectivity index (χ1n) is 20.6. The Labute approximate surface area is 314 Å². The fourth-order valence-electron chi connectivity index (χ4n) is 8.83. The first-order valence-corrected chi connectivity index (χ1v) is 20.6. The molecule has 7 unspecified atom stereocenters. The molecule has 0 aliphatic heterocycles. The lowest BCUT2D eigenvalue weighted by molar-refractivity contribution is -0.127. The number of rotatable bonds is 12. The van der Waals surface area contributed by atoms with Crippen molar-refractivity contribution in [1.29, 1.82) is 0 Å². The van der Waals surface area contributed by atoms with Gasteiger partial charge in [-0.1, -0.05) is 86.8 Å². The smallest absolute Gasteiger partial charge is 0.139 e. The molecule has 3 aromatic rings. The standard InChI is InChI=1S/C47H63N3O2/c1-9-31(6)46(40-12-11-13-41(35-18-19-35)47(51)33(40)8)48-44-28-45(38(26-34(44)10-2)27-37-17-15-30(5)14-16-32(37)7)52-39-22-20-36(21-23-39)43-25-24-42(29(3)4)49-50-43/h10,20-26,28-33,35,37,40-41H,2,9,11-19,27H2,1,3-8H3. The van der Waals surface area contributed by atoms with Gasteiger partial charge >= 0.3 is 0 Å². The number of ketones is 1. The molecular weight excluding hydrogens is 639 g/mol. The molecule has 1 aromatic heterocycles. The minimum atomic E-state index is -0.00748. The zero-order valence-electron chi connectivity index (χ0n) is 33.0. The van der Waals surface area contributed by atoms with E-state index < -0.39 is 0 Å². The number of carbonyl (C=O) groups is 1. The monoisotopic (exact) mass is 701 g/mol. The Morgan fingerprint density at radius 3 is 2.33 bits per heavy atom. The van der Waals surface area contributed by atoms with E-state index in [1.54, 1.807) is 0 Å². The number of hydrogen-bond acceptors (Lipinski definition) is 5. The molecule has 278 valence electrons. The number of nitrogens with zero attached hydrogens (tertiary/aromatic N) is 3.